The van der Waals surface area contributed by atoms with E-state index in [4.69, 9.17) is 26.3 Å². The number of benzene rings is 2. The molecule has 0 radical (unpaired) electrons. The molecule has 258 valence electrons. The number of hydrogen-bond acceptors (Lipinski definition) is 11. The number of nitriles is 1. The molecule has 3 fully saturated rings. The Morgan fingerprint density at radius 3 is 2.68 bits per heavy atom. The molecule has 0 saturated carbocycles. The molecule has 50 heavy (non-hydrogen) atoms. The van der Waals surface area contributed by atoms with Crippen LogP contribution in [0.3, 0.4) is 0 Å². The SMILES string of the molecule is Cn1nnc(/C=C/C(=O)N2CCN(c3nc(OCC45CCCN4CCC5)nc4c3CCN(c3cccc5cccc(Cl)c35)C4)C[C@@H]2CC#N)n1. The quantitative estimate of drug-likeness (QED) is 0.248. The van der Waals surface area contributed by atoms with E-state index in [1.165, 1.54) is 23.7 Å². The molecule has 14 heteroatoms. The van der Waals surface area contributed by atoms with Crippen molar-refractivity contribution in [3.63, 3.8) is 0 Å². The highest BCUT2D eigenvalue weighted by Gasteiger charge is 2.45. The van der Waals surface area contributed by atoms with Gasteiger partial charge in [0.25, 0.3) is 0 Å². The lowest BCUT2D eigenvalue weighted by atomic mass is 9.95. The van der Waals surface area contributed by atoms with Crippen molar-refractivity contribution in [2.24, 2.45) is 7.05 Å². The van der Waals surface area contributed by atoms with Gasteiger partial charge in [0.15, 0.2) is 5.82 Å². The zero-order valence-electron chi connectivity index (χ0n) is 28.2. The zero-order valence-corrected chi connectivity index (χ0v) is 29.0. The number of carbonyl (C=O) groups is 1. The second-order valence-corrected chi connectivity index (χ2v) is 14.1. The first-order valence-electron chi connectivity index (χ1n) is 17.5. The van der Waals surface area contributed by atoms with Crippen molar-refractivity contribution < 1.29 is 9.53 Å². The van der Waals surface area contributed by atoms with Gasteiger partial charge in [-0.05, 0) is 74.0 Å². The van der Waals surface area contributed by atoms with Crippen molar-refractivity contribution in [1.29, 1.82) is 5.26 Å². The van der Waals surface area contributed by atoms with Gasteiger partial charge in [-0.2, -0.15) is 20.0 Å². The van der Waals surface area contributed by atoms with Crippen LogP contribution in [-0.4, -0.2) is 103 Å². The third-order valence-corrected chi connectivity index (χ3v) is 11.1. The molecule has 4 aliphatic heterocycles. The van der Waals surface area contributed by atoms with E-state index in [0.29, 0.717) is 44.6 Å². The Bertz CT molecular complexity index is 1980. The summed E-state index contributed by atoms with van der Waals surface area (Å²) in [5.74, 6) is 1.00. The van der Waals surface area contributed by atoms with Gasteiger partial charge in [0.2, 0.25) is 5.91 Å². The molecule has 1 amide bonds. The number of ether oxygens (including phenoxy) is 1. The van der Waals surface area contributed by atoms with Crippen molar-refractivity contribution >= 4 is 45.9 Å². The Hall–Kier alpha value is -4.80. The lowest BCUT2D eigenvalue weighted by Crippen LogP contribution is -2.55. The Labute approximate surface area is 296 Å². The number of rotatable bonds is 8. The molecule has 0 bridgehead atoms. The number of fused-ring (bicyclic) bond motifs is 3. The fourth-order valence-corrected chi connectivity index (χ4v) is 8.62. The number of carbonyl (C=O) groups excluding carboxylic acids is 1. The van der Waals surface area contributed by atoms with Crippen molar-refractivity contribution in [1.82, 2.24) is 40.0 Å². The maximum atomic E-state index is 13.3. The van der Waals surface area contributed by atoms with Crippen LogP contribution in [-0.2, 0) is 24.8 Å². The van der Waals surface area contributed by atoms with Gasteiger partial charge in [0.1, 0.15) is 12.4 Å². The molecule has 4 aliphatic rings. The third kappa shape index (κ3) is 6.11. The van der Waals surface area contributed by atoms with Gasteiger partial charge in [-0.25, -0.2) is 0 Å². The van der Waals surface area contributed by atoms with Gasteiger partial charge >= 0.3 is 6.01 Å². The van der Waals surface area contributed by atoms with E-state index in [2.05, 4.69) is 60.4 Å². The van der Waals surface area contributed by atoms with Gasteiger partial charge in [0, 0.05) is 48.9 Å². The van der Waals surface area contributed by atoms with Crippen LogP contribution in [0.5, 0.6) is 6.01 Å². The first-order chi connectivity index (χ1) is 24.4. The fraction of sp³-hybridized carbons (Fsp3) is 0.472. The standard InChI is InChI=1S/C36H40ClN11O2/c1-44-42-31(41-43-44)10-11-32(49)48-21-20-46(22-26(48)12-16-38)34-27-13-19-45(30-9-3-7-25-6-2-8-28(37)33(25)30)23-29(27)39-35(40-34)50-24-36-14-4-17-47(36)18-5-15-36/h2-3,6-11,26H,4-5,12-15,17-24H2,1H3/b11-10+/t26-/m0/s1. The molecule has 0 unspecified atom stereocenters. The predicted octanol–water partition coefficient (Wildman–Crippen LogP) is 4.02. The maximum absolute atomic E-state index is 13.3. The van der Waals surface area contributed by atoms with E-state index in [-0.39, 0.29) is 23.9 Å². The van der Waals surface area contributed by atoms with E-state index in [1.807, 2.05) is 12.1 Å². The lowest BCUT2D eigenvalue weighted by Gasteiger charge is -2.42. The Morgan fingerprint density at radius 2 is 1.90 bits per heavy atom. The molecule has 3 saturated heterocycles. The summed E-state index contributed by atoms with van der Waals surface area (Å²) in [6.45, 7) is 5.65. The van der Waals surface area contributed by atoms with Crippen molar-refractivity contribution in [2.45, 2.75) is 56.7 Å². The average Bonchev–Trinajstić information content (AvgIpc) is 3.85. The van der Waals surface area contributed by atoms with Crippen molar-refractivity contribution in [3.8, 4) is 12.1 Å². The molecule has 0 N–H and O–H groups in total. The van der Waals surface area contributed by atoms with Crippen molar-refractivity contribution in [3.05, 3.63) is 64.6 Å². The van der Waals surface area contributed by atoms with E-state index in [9.17, 15) is 10.1 Å². The molecular formula is C36H40ClN11O2. The van der Waals surface area contributed by atoms with Crippen LogP contribution in [0.25, 0.3) is 16.8 Å². The lowest BCUT2D eigenvalue weighted by molar-refractivity contribution is -0.128. The molecule has 2 aromatic carbocycles. The van der Waals surface area contributed by atoms with Crippen LogP contribution in [0.1, 0.15) is 49.2 Å². The van der Waals surface area contributed by atoms with Crippen LogP contribution in [0.15, 0.2) is 42.5 Å². The summed E-state index contributed by atoms with van der Waals surface area (Å²) in [7, 11) is 1.67. The molecule has 1 atom stereocenters. The van der Waals surface area contributed by atoms with E-state index >= 15 is 0 Å². The zero-order chi connectivity index (χ0) is 34.2. The summed E-state index contributed by atoms with van der Waals surface area (Å²) in [6, 6.07) is 14.7. The predicted molar refractivity (Wildman–Crippen MR) is 190 cm³/mol. The van der Waals surface area contributed by atoms with Gasteiger partial charge < -0.3 is 19.4 Å². The van der Waals surface area contributed by atoms with E-state index in [0.717, 1.165) is 77.5 Å². The van der Waals surface area contributed by atoms with Gasteiger partial charge in [-0.3, -0.25) is 9.69 Å². The number of piperazine rings is 1. The van der Waals surface area contributed by atoms with Gasteiger partial charge in [-0.1, -0.05) is 35.9 Å². The highest BCUT2D eigenvalue weighted by Crippen LogP contribution is 2.40. The van der Waals surface area contributed by atoms with Crippen molar-refractivity contribution in [2.75, 3.05) is 55.7 Å². The minimum absolute atomic E-state index is 0.0589. The summed E-state index contributed by atoms with van der Waals surface area (Å²) < 4.78 is 6.56. The molecule has 2 aromatic heterocycles. The molecule has 4 aromatic rings. The number of anilines is 2. The van der Waals surface area contributed by atoms with E-state index < -0.39 is 0 Å². The number of aryl methyl sites for hydroxylation is 1. The molecule has 0 aliphatic carbocycles. The smallest absolute Gasteiger partial charge is 0.318 e. The average molecular weight is 694 g/mol. The summed E-state index contributed by atoms with van der Waals surface area (Å²) in [6.07, 6.45) is 8.59. The number of hydrogen-bond donors (Lipinski definition) is 0. The third-order valence-electron chi connectivity index (χ3n) is 10.8. The number of tetrazole rings is 1. The minimum Gasteiger partial charge on any atom is -0.461 e. The van der Waals surface area contributed by atoms with Crippen LogP contribution < -0.4 is 14.5 Å². The summed E-state index contributed by atoms with van der Waals surface area (Å²) in [4.78, 5) is 33.8. The molecule has 13 nitrogen and oxygen atoms in total. The minimum atomic E-state index is -0.321. The molecule has 6 heterocycles. The number of aromatic nitrogens is 6. The second kappa shape index (κ2) is 13.5. The van der Waals surface area contributed by atoms with Crippen LogP contribution in [0.4, 0.5) is 11.5 Å². The van der Waals surface area contributed by atoms with Crippen LogP contribution >= 0.6 is 11.6 Å². The first kappa shape index (κ1) is 32.4. The summed E-state index contributed by atoms with van der Waals surface area (Å²) >= 11 is 6.76. The number of nitrogens with zero attached hydrogens (tertiary/aromatic N) is 11. The van der Waals surface area contributed by atoms with Gasteiger partial charge in [0.05, 0.1) is 48.4 Å². The Kier molecular flexibility index (Phi) is 8.74. The van der Waals surface area contributed by atoms with Crippen LogP contribution in [0.2, 0.25) is 5.02 Å². The summed E-state index contributed by atoms with van der Waals surface area (Å²) in [5.41, 5.74) is 3.16. The Morgan fingerprint density at radius 1 is 1.08 bits per heavy atom. The number of amides is 1. The molecule has 8 rings (SSSR count). The maximum Gasteiger partial charge on any atom is 0.318 e. The highest BCUT2D eigenvalue weighted by atomic mass is 35.5. The highest BCUT2D eigenvalue weighted by molar-refractivity contribution is 6.36. The monoisotopic (exact) mass is 693 g/mol. The Balaban J connectivity index is 1.09. The van der Waals surface area contributed by atoms with Crippen LogP contribution in [0, 0.1) is 11.3 Å². The first-order valence-corrected chi connectivity index (χ1v) is 17.8. The van der Waals surface area contributed by atoms with E-state index in [1.54, 1.807) is 18.0 Å². The topological polar surface area (TPSA) is 132 Å². The normalized spacial score (nSPS) is 20.3. The largest absolute Gasteiger partial charge is 0.461 e. The second-order valence-electron chi connectivity index (χ2n) is 13.7. The van der Waals surface area contributed by atoms with Gasteiger partial charge in [-0.15, -0.1) is 10.2 Å². The fourth-order valence-electron chi connectivity index (χ4n) is 8.34. The molecular weight excluding hydrogens is 654 g/mol. The number of halogens is 1. The summed E-state index contributed by atoms with van der Waals surface area (Å²) in [5, 5.41) is 24.5. The molecule has 0 spiro atoms.